The van der Waals surface area contributed by atoms with Crippen molar-refractivity contribution in [3.05, 3.63) is 53.6 Å². The summed E-state index contributed by atoms with van der Waals surface area (Å²) in [6, 6.07) is 12.7. The van der Waals surface area contributed by atoms with Crippen LogP contribution < -0.4 is 5.73 Å². The highest BCUT2D eigenvalue weighted by molar-refractivity contribution is 5.91. The summed E-state index contributed by atoms with van der Waals surface area (Å²) in [5.74, 6) is -0.967. The number of rotatable bonds is 2. The average Bonchev–Trinajstić information content (AvgIpc) is 2.29. The normalized spacial score (nSPS) is 10.2. The molecule has 0 saturated carbocycles. The van der Waals surface area contributed by atoms with E-state index in [1.54, 1.807) is 12.1 Å². The summed E-state index contributed by atoms with van der Waals surface area (Å²) in [6.07, 6.45) is 0. The maximum absolute atomic E-state index is 10.9. The molecule has 0 saturated heterocycles. The van der Waals surface area contributed by atoms with Gasteiger partial charge in [0, 0.05) is 5.69 Å². The van der Waals surface area contributed by atoms with E-state index in [-0.39, 0.29) is 5.56 Å². The summed E-state index contributed by atoms with van der Waals surface area (Å²) in [5.41, 5.74) is 9.32. The number of carbonyl (C=O) groups is 1. The van der Waals surface area contributed by atoms with Crippen molar-refractivity contribution in [1.82, 2.24) is 0 Å². The molecule has 3 N–H and O–H groups in total. The molecule has 2 aromatic rings. The second kappa shape index (κ2) is 4.29. The number of anilines is 1. The van der Waals surface area contributed by atoms with Crippen LogP contribution in [0.3, 0.4) is 0 Å². The Kier molecular flexibility index (Phi) is 2.83. The van der Waals surface area contributed by atoms with Gasteiger partial charge in [0.2, 0.25) is 0 Å². The lowest BCUT2D eigenvalue weighted by Crippen LogP contribution is -1.98. The molecule has 0 aliphatic heterocycles. The summed E-state index contributed by atoms with van der Waals surface area (Å²) in [4.78, 5) is 10.9. The first kappa shape index (κ1) is 11.2. The summed E-state index contributed by atoms with van der Waals surface area (Å²) in [7, 11) is 0. The summed E-state index contributed by atoms with van der Waals surface area (Å²) >= 11 is 0. The number of nitrogen functional groups attached to an aromatic ring is 1. The van der Waals surface area contributed by atoms with Crippen molar-refractivity contribution >= 4 is 11.7 Å². The highest BCUT2D eigenvalue weighted by atomic mass is 16.4. The van der Waals surface area contributed by atoms with E-state index in [4.69, 9.17) is 10.8 Å². The van der Waals surface area contributed by atoms with Crippen LogP contribution in [0.1, 0.15) is 15.9 Å². The van der Waals surface area contributed by atoms with E-state index in [9.17, 15) is 4.79 Å². The fourth-order valence-corrected chi connectivity index (χ4v) is 1.69. The van der Waals surface area contributed by atoms with Gasteiger partial charge in [0.1, 0.15) is 0 Å². The molecule has 0 aromatic heterocycles. The highest BCUT2D eigenvalue weighted by Crippen LogP contribution is 2.24. The van der Waals surface area contributed by atoms with Gasteiger partial charge < -0.3 is 10.8 Å². The Hall–Kier alpha value is -2.29. The Balaban J connectivity index is 2.51. The summed E-state index contributed by atoms with van der Waals surface area (Å²) in [6.45, 7) is 2.01. The lowest BCUT2D eigenvalue weighted by Gasteiger charge is -2.05. The average molecular weight is 227 g/mol. The fourth-order valence-electron chi connectivity index (χ4n) is 1.69. The number of hydrogen-bond acceptors (Lipinski definition) is 2. The number of aromatic carboxylic acids is 1. The molecule has 0 heterocycles. The van der Waals surface area contributed by atoms with Crippen LogP contribution in [0.4, 0.5) is 5.69 Å². The molecule has 2 aromatic carbocycles. The van der Waals surface area contributed by atoms with Crippen LogP contribution in [-0.4, -0.2) is 11.1 Å². The maximum Gasteiger partial charge on any atom is 0.335 e. The van der Waals surface area contributed by atoms with Gasteiger partial charge in [-0.25, -0.2) is 4.79 Å². The zero-order chi connectivity index (χ0) is 12.4. The Morgan fingerprint density at radius 2 is 1.71 bits per heavy atom. The largest absolute Gasteiger partial charge is 0.478 e. The molecule has 0 unspecified atom stereocenters. The van der Waals surface area contributed by atoms with E-state index in [0.717, 1.165) is 16.7 Å². The topological polar surface area (TPSA) is 63.3 Å². The molecule has 17 heavy (non-hydrogen) atoms. The molecule has 3 nitrogen and oxygen atoms in total. The van der Waals surface area contributed by atoms with E-state index in [0.29, 0.717) is 5.69 Å². The number of aryl methyl sites for hydroxylation is 1. The predicted octanol–water partition coefficient (Wildman–Crippen LogP) is 2.94. The van der Waals surface area contributed by atoms with Crippen molar-refractivity contribution in [2.75, 3.05) is 5.73 Å². The van der Waals surface area contributed by atoms with Gasteiger partial charge in [-0.15, -0.1) is 0 Å². The number of carboxylic acids is 1. The molecule has 0 aliphatic rings. The van der Waals surface area contributed by atoms with Crippen LogP contribution in [0.15, 0.2) is 42.5 Å². The molecule has 0 spiro atoms. The molecule has 0 aliphatic carbocycles. The zero-order valence-electron chi connectivity index (χ0n) is 9.47. The predicted molar refractivity (Wildman–Crippen MR) is 68.0 cm³/mol. The summed E-state index contributed by atoms with van der Waals surface area (Å²) in [5, 5.41) is 8.97. The van der Waals surface area contributed by atoms with E-state index < -0.39 is 5.97 Å². The second-order valence-corrected chi connectivity index (χ2v) is 4.01. The monoisotopic (exact) mass is 227 g/mol. The van der Waals surface area contributed by atoms with Gasteiger partial charge in [-0.3, -0.25) is 0 Å². The van der Waals surface area contributed by atoms with Gasteiger partial charge in [0.15, 0.2) is 0 Å². The van der Waals surface area contributed by atoms with Crippen LogP contribution in [0.25, 0.3) is 11.1 Å². The molecule has 2 rings (SSSR count). The first-order valence-corrected chi connectivity index (χ1v) is 5.27. The van der Waals surface area contributed by atoms with Gasteiger partial charge in [-0.05, 0) is 36.2 Å². The van der Waals surface area contributed by atoms with E-state index in [2.05, 4.69) is 0 Å². The van der Waals surface area contributed by atoms with Crippen LogP contribution in [-0.2, 0) is 0 Å². The molecule has 0 radical (unpaired) electrons. The van der Waals surface area contributed by atoms with E-state index in [1.807, 2.05) is 31.2 Å². The summed E-state index contributed by atoms with van der Waals surface area (Å²) < 4.78 is 0. The van der Waals surface area contributed by atoms with E-state index >= 15 is 0 Å². The van der Waals surface area contributed by atoms with Crippen molar-refractivity contribution in [2.24, 2.45) is 0 Å². The second-order valence-electron chi connectivity index (χ2n) is 4.01. The molecule has 0 amide bonds. The molecule has 3 heteroatoms. The Bertz CT molecular complexity index is 559. The third-order valence-corrected chi connectivity index (χ3v) is 2.59. The van der Waals surface area contributed by atoms with Crippen LogP contribution >= 0.6 is 0 Å². The number of nitrogens with two attached hydrogens (primary N) is 1. The smallest absolute Gasteiger partial charge is 0.335 e. The Labute approximate surface area is 99.5 Å². The Morgan fingerprint density at radius 1 is 1.06 bits per heavy atom. The van der Waals surface area contributed by atoms with E-state index in [1.165, 1.54) is 6.07 Å². The minimum Gasteiger partial charge on any atom is -0.478 e. The minimum atomic E-state index is -0.967. The van der Waals surface area contributed by atoms with Crippen molar-refractivity contribution in [2.45, 2.75) is 6.92 Å². The van der Waals surface area contributed by atoms with Gasteiger partial charge in [0.05, 0.1) is 5.56 Å². The van der Waals surface area contributed by atoms with Gasteiger partial charge >= 0.3 is 5.97 Å². The first-order chi connectivity index (χ1) is 8.06. The third kappa shape index (κ3) is 2.45. The molecule has 0 bridgehead atoms. The third-order valence-electron chi connectivity index (χ3n) is 2.59. The lowest BCUT2D eigenvalue weighted by molar-refractivity contribution is 0.0697. The van der Waals surface area contributed by atoms with Crippen molar-refractivity contribution in [3.8, 4) is 11.1 Å². The van der Waals surface area contributed by atoms with Crippen LogP contribution in [0.5, 0.6) is 0 Å². The highest BCUT2D eigenvalue weighted by Gasteiger charge is 2.06. The number of carboxylic acid groups (broad SMARTS) is 1. The molecule has 0 fully saturated rings. The van der Waals surface area contributed by atoms with Crippen molar-refractivity contribution in [3.63, 3.8) is 0 Å². The standard InChI is InChI=1S/C14H13NO2/c1-9-2-4-10(5-3-9)11-6-12(14(16)17)8-13(15)7-11/h2-8H,15H2,1H3,(H,16,17). The van der Waals surface area contributed by atoms with Gasteiger partial charge in [0.25, 0.3) is 0 Å². The quantitative estimate of drug-likeness (QED) is 0.775. The van der Waals surface area contributed by atoms with Crippen LogP contribution in [0.2, 0.25) is 0 Å². The molecule has 86 valence electrons. The molecular formula is C14H13NO2. The molecular weight excluding hydrogens is 214 g/mol. The van der Waals surface area contributed by atoms with Crippen LogP contribution in [0, 0.1) is 6.92 Å². The Morgan fingerprint density at radius 3 is 2.29 bits per heavy atom. The number of hydrogen-bond donors (Lipinski definition) is 2. The van der Waals surface area contributed by atoms with Gasteiger partial charge in [-0.1, -0.05) is 29.8 Å². The van der Waals surface area contributed by atoms with Crippen molar-refractivity contribution in [1.29, 1.82) is 0 Å². The SMILES string of the molecule is Cc1ccc(-c2cc(N)cc(C(=O)O)c2)cc1. The van der Waals surface area contributed by atoms with Crippen molar-refractivity contribution < 1.29 is 9.90 Å². The maximum atomic E-state index is 10.9. The zero-order valence-corrected chi connectivity index (χ0v) is 9.47. The van der Waals surface area contributed by atoms with Gasteiger partial charge in [-0.2, -0.15) is 0 Å². The molecule has 0 atom stereocenters. The first-order valence-electron chi connectivity index (χ1n) is 5.27. The lowest BCUT2D eigenvalue weighted by atomic mass is 10.0. The minimum absolute atomic E-state index is 0.209. The fraction of sp³-hybridized carbons (Fsp3) is 0.0714. The number of benzene rings is 2.